The Balaban J connectivity index is 2.00. The predicted molar refractivity (Wildman–Crippen MR) is 129 cm³/mol. The summed E-state index contributed by atoms with van der Waals surface area (Å²) in [6.07, 6.45) is 3.03. The number of aryl methyl sites for hydroxylation is 3. The number of rotatable bonds is 4. The van der Waals surface area contributed by atoms with Gasteiger partial charge in [0, 0.05) is 15.7 Å². The number of pyridine rings is 1. The number of hydrogen-bond donors (Lipinski definition) is 0. The first-order valence-corrected chi connectivity index (χ1v) is 10.8. The van der Waals surface area contributed by atoms with Gasteiger partial charge in [-0.25, -0.2) is 8.96 Å². The molecule has 31 heavy (non-hydrogen) atoms. The van der Waals surface area contributed by atoms with Crippen LogP contribution >= 0.6 is 0 Å². The summed E-state index contributed by atoms with van der Waals surface area (Å²) in [4.78, 5) is 0. The molecule has 1 nitrogen and oxygen atoms in total. The molecule has 158 valence electrons. The fraction of sp³-hybridized carbons (Fsp3) is 0.276. The van der Waals surface area contributed by atoms with E-state index in [1.165, 1.54) is 17.7 Å². The largest absolute Gasteiger partial charge is 0.213 e. The molecule has 0 aliphatic heterocycles. The Bertz CT molecular complexity index is 1370. The Kier molecular flexibility index (Phi) is 4.71. The first kappa shape index (κ1) is 17.7. The first-order chi connectivity index (χ1) is 15.9. The van der Waals surface area contributed by atoms with Crippen molar-refractivity contribution in [2.24, 2.45) is 13.0 Å². The van der Waals surface area contributed by atoms with Gasteiger partial charge in [-0.05, 0) is 84.4 Å². The summed E-state index contributed by atoms with van der Waals surface area (Å²) in [7, 11) is 1.99. The summed E-state index contributed by atoms with van der Waals surface area (Å²) in [5.41, 5.74) is 7.25. The minimum absolute atomic E-state index is 0.251. The standard InChI is InChI=1S/C29H31FN/c1-18(2)11-22-14-24-16-29(26-13-19(3)12-20(4)21(26)5)31(6)17-28(24)27(15-22)23-7-9-25(30)10-8-23/h7-10,12-18H,11H2,1-6H3/q+1/i4D3. The molecule has 4 rings (SSSR count). The van der Waals surface area contributed by atoms with Crippen LogP contribution in [-0.4, -0.2) is 0 Å². The highest BCUT2D eigenvalue weighted by atomic mass is 19.1. The fourth-order valence-corrected chi connectivity index (χ4v) is 4.36. The van der Waals surface area contributed by atoms with Crippen LogP contribution in [0.5, 0.6) is 0 Å². The highest BCUT2D eigenvalue weighted by Gasteiger charge is 2.18. The maximum absolute atomic E-state index is 13.6. The van der Waals surface area contributed by atoms with Crippen LogP contribution in [0.1, 0.15) is 40.2 Å². The average Bonchev–Trinajstić information content (AvgIpc) is 2.74. The maximum atomic E-state index is 13.6. The number of benzene rings is 3. The zero-order valence-electron chi connectivity index (χ0n) is 21.9. The number of hydrogen-bond acceptors (Lipinski definition) is 0. The summed E-state index contributed by atoms with van der Waals surface area (Å²) in [5.74, 6) is 0.248. The monoisotopic (exact) mass is 415 g/mol. The van der Waals surface area contributed by atoms with Crippen molar-refractivity contribution in [3.05, 3.63) is 88.9 Å². The lowest BCUT2D eigenvalue weighted by atomic mass is 9.91. The first-order valence-electron chi connectivity index (χ1n) is 12.3. The number of halogens is 1. The molecule has 0 unspecified atom stereocenters. The van der Waals surface area contributed by atoms with Gasteiger partial charge >= 0.3 is 0 Å². The van der Waals surface area contributed by atoms with Gasteiger partial charge in [-0.15, -0.1) is 0 Å². The van der Waals surface area contributed by atoms with Crippen molar-refractivity contribution in [2.75, 3.05) is 0 Å². The van der Waals surface area contributed by atoms with E-state index in [9.17, 15) is 4.39 Å². The van der Waals surface area contributed by atoms with Gasteiger partial charge in [0.05, 0.1) is 5.39 Å². The molecule has 0 fully saturated rings. The van der Waals surface area contributed by atoms with Gasteiger partial charge < -0.3 is 0 Å². The molecule has 1 heterocycles. The van der Waals surface area contributed by atoms with Crippen LogP contribution in [-0.2, 0) is 13.5 Å². The minimum atomic E-state index is -2.17. The van der Waals surface area contributed by atoms with Crippen molar-refractivity contribution in [3.63, 3.8) is 0 Å². The molecule has 0 N–H and O–H groups in total. The van der Waals surface area contributed by atoms with Crippen LogP contribution in [0, 0.1) is 32.4 Å². The van der Waals surface area contributed by atoms with Gasteiger partial charge in [0.1, 0.15) is 12.9 Å². The lowest BCUT2D eigenvalue weighted by Gasteiger charge is -2.14. The quantitative estimate of drug-likeness (QED) is 0.309. The molecule has 0 radical (unpaired) electrons. The van der Waals surface area contributed by atoms with Crippen molar-refractivity contribution in [1.29, 1.82) is 0 Å². The van der Waals surface area contributed by atoms with E-state index in [0.717, 1.165) is 50.7 Å². The fourth-order valence-electron chi connectivity index (χ4n) is 4.36. The van der Waals surface area contributed by atoms with E-state index in [1.807, 2.05) is 33.0 Å². The van der Waals surface area contributed by atoms with Gasteiger partial charge in [-0.3, -0.25) is 0 Å². The van der Waals surface area contributed by atoms with Gasteiger partial charge in [-0.1, -0.05) is 49.7 Å². The smallest absolute Gasteiger partial charge is 0.207 e. The molecule has 4 aromatic rings. The Morgan fingerprint density at radius 3 is 2.39 bits per heavy atom. The van der Waals surface area contributed by atoms with Crippen molar-refractivity contribution in [1.82, 2.24) is 0 Å². The highest BCUT2D eigenvalue weighted by molar-refractivity contribution is 5.97. The summed E-state index contributed by atoms with van der Waals surface area (Å²) in [6, 6.07) is 17.0. The van der Waals surface area contributed by atoms with Gasteiger partial charge in [0.25, 0.3) is 0 Å². The number of aromatic nitrogens is 1. The maximum Gasteiger partial charge on any atom is 0.213 e. The molecule has 0 spiro atoms. The van der Waals surface area contributed by atoms with E-state index in [0.29, 0.717) is 11.5 Å². The predicted octanol–water partition coefficient (Wildman–Crippen LogP) is 7.26. The highest BCUT2D eigenvalue weighted by Crippen LogP contribution is 2.33. The van der Waals surface area contributed by atoms with Crippen LogP contribution in [0.25, 0.3) is 33.2 Å². The molecule has 0 bridgehead atoms. The lowest BCUT2D eigenvalue weighted by Crippen LogP contribution is -2.30. The molecule has 0 aliphatic carbocycles. The summed E-state index contributed by atoms with van der Waals surface area (Å²) in [6.45, 7) is 6.06. The van der Waals surface area contributed by atoms with E-state index in [-0.39, 0.29) is 5.82 Å². The molecule has 0 amide bonds. The number of nitrogens with zero attached hydrogens (tertiary/aromatic N) is 1. The molecule has 2 heteroatoms. The normalized spacial score (nSPS) is 13.3. The Labute approximate surface area is 189 Å². The van der Waals surface area contributed by atoms with Crippen LogP contribution < -0.4 is 4.57 Å². The van der Waals surface area contributed by atoms with Crippen LogP contribution in [0.3, 0.4) is 0 Å². The zero-order chi connectivity index (χ0) is 24.8. The summed E-state index contributed by atoms with van der Waals surface area (Å²) >= 11 is 0. The molecule has 0 saturated carbocycles. The Hall–Kier alpha value is -3.00. The van der Waals surface area contributed by atoms with E-state index in [2.05, 4.69) is 48.9 Å². The van der Waals surface area contributed by atoms with E-state index < -0.39 is 6.85 Å². The second-order valence-electron chi connectivity index (χ2n) is 9.01. The van der Waals surface area contributed by atoms with Crippen molar-refractivity contribution in [3.8, 4) is 22.4 Å². The topological polar surface area (TPSA) is 3.88 Å². The molecule has 1 aromatic heterocycles. The molecule has 0 aliphatic rings. The van der Waals surface area contributed by atoms with E-state index >= 15 is 0 Å². The van der Waals surface area contributed by atoms with Crippen molar-refractivity contribution in [2.45, 2.75) is 41.0 Å². The SMILES string of the molecule is [2H]C([2H])([2H])c1cc(C)cc(-c2cc3cc(CC(C)C)cc(-c4ccc(F)cc4)c3c[n+]2C)c1C. The Morgan fingerprint density at radius 2 is 1.71 bits per heavy atom. The van der Waals surface area contributed by atoms with Crippen LogP contribution in [0.2, 0.25) is 0 Å². The average molecular weight is 416 g/mol. The molecule has 3 aromatic carbocycles. The molecular weight excluding hydrogens is 381 g/mol. The minimum Gasteiger partial charge on any atom is -0.207 e. The number of fused-ring (bicyclic) bond motifs is 1. The summed E-state index contributed by atoms with van der Waals surface area (Å²) < 4.78 is 39.6. The van der Waals surface area contributed by atoms with Crippen molar-refractivity contribution < 1.29 is 13.1 Å². The second-order valence-corrected chi connectivity index (χ2v) is 9.01. The Morgan fingerprint density at radius 1 is 0.968 bits per heavy atom. The third-order valence-corrected chi connectivity index (χ3v) is 5.89. The second kappa shape index (κ2) is 8.26. The van der Waals surface area contributed by atoms with Crippen LogP contribution in [0.4, 0.5) is 4.39 Å². The van der Waals surface area contributed by atoms with Crippen molar-refractivity contribution >= 4 is 10.8 Å². The molecule has 0 atom stereocenters. The van der Waals surface area contributed by atoms with Gasteiger partial charge in [-0.2, -0.15) is 0 Å². The summed E-state index contributed by atoms with van der Waals surface area (Å²) in [5, 5.41) is 2.16. The molecule has 0 saturated heterocycles. The van der Waals surface area contributed by atoms with Gasteiger partial charge in [0.2, 0.25) is 5.69 Å². The third kappa shape index (κ3) is 4.25. The third-order valence-electron chi connectivity index (χ3n) is 5.89. The van der Waals surface area contributed by atoms with Gasteiger partial charge in [0.15, 0.2) is 6.20 Å². The van der Waals surface area contributed by atoms with Crippen LogP contribution in [0.15, 0.2) is 60.8 Å². The lowest BCUT2D eigenvalue weighted by molar-refractivity contribution is -0.659. The molecular formula is C29H31FN+. The van der Waals surface area contributed by atoms with E-state index in [1.54, 1.807) is 6.07 Å². The van der Waals surface area contributed by atoms with E-state index in [4.69, 9.17) is 4.11 Å². The zero-order valence-corrected chi connectivity index (χ0v) is 18.9.